The molecule has 0 atom stereocenters. The molecule has 2 N–H and O–H groups in total. The molecule has 0 radical (unpaired) electrons. The van der Waals surface area contributed by atoms with Crippen molar-refractivity contribution in [1.29, 1.82) is 0 Å². The van der Waals surface area contributed by atoms with E-state index in [1.807, 2.05) is 31.3 Å². The van der Waals surface area contributed by atoms with Crippen LogP contribution in [0.1, 0.15) is 16.2 Å². The van der Waals surface area contributed by atoms with Gasteiger partial charge >= 0.3 is 0 Å². The molecule has 0 bridgehead atoms. The van der Waals surface area contributed by atoms with E-state index in [2.05, 4.69) is 30.9 Å². The van der Waals surface area contributed by atoms with Gasteiger partial charge in [-0.3, -0.25) is 9.78 Å². The highest BCUT2D eigenvalue weighted by atomic mass is 16.1. The highest BCUT2D eigenvalue weighted by Crippen LogP contribution is 2.06. The fourth-order valence-corrected chi connectivity index (χ4v) is 2.04. The van der Waals surface area contributed by atoms with Crippen LogP contribution in [0, 0.1) is 6.92 Å². The Morgan fingerprint density at radius 1 is 1.12 bits per heavy atom. The minimum absolute atomic E-state index is 0.201. The highest BCUT2D eigenvalue weighted by molar-refractivity contribution is 5.92. The monoisotopic (exact) mass is 323 g/mol. The SMILES string of the molecule is Cc1ccn(-c2ccc(NCCNC(=O)c3ccccn3)nn2)n1. The molecular weight excluding hydrogens is 306 g/mol. The fraction of sp³-hybridized carbons (Fsp3) is 0.188. The number of anilines is 1. The van der Waals surface area contributed by atoms with Crippen molar-refractivity contribution in [2.45, 2.75) is 6.92 Å². The second-order valence-electron chi connectivity index (χ2n) is 5.08. The smallest absolute Gasteiger partial charge is 0.269 e. The molecule has 0 aliphatic heterocycles. The van der Waals surface area contributed by atoms with E-state index in [1.165, 1.54) is 0 Å². The summed E-state index contributed by atoms with van der Waals surface area (Å²) in [5, 5.41) is 18.4. The van der Waals surface area contributed by atoms with Gasteiger partial charge in [-0.2, -0.15) is 5.10 Å². The number of hydrogen-bond donors (Lipinski definition) is 2. The number of nitrogens with one attached hydrogen (secondary N) is 2. The maximum absolute atomic E-state index is 11.8. The summed E-state index contributed by atoms with van der Waals surface area (Å²) in [5.74, 6) is 1.08. The van der Waals surface area contributed by atoms with E-state index >= 15 is 0 Å². The Bertz CT molecular complexity index is 799. The average molecular weight is 323 g/mol. The van der Waals surface area contributed by atoms with E-state index in [9.17, 15) is 4.79 Å². The summed E-state index contributed by atoms with van der Waals surface area (Å²) >= 11 is 0. The second kappa shape index (κ2) is 7.32. The first kappa shape index (κ1) is 15.6. The van der Waals surface area contributed by atoms with Crippen molar-refractivity contribution in [3.05, 3.63) is 60.2 Å². The molecule has 0 aliphatic carbocycles. The van der Waals surface area contributed by atoms with Crippen molar-refractivity contribution in [1.82, 2.24) is 30.3 Å². The van der Waals surface area contributed by atoms with Gasteiger partial charge in [0.05, 0.1) is 5.69 Å². The molecule has 0 spiro atoms. The molecule has 8 heteroatoms. The third kappa shape index (κ3) is 3.92. The fourth-order valence-electron chi connectivity index (χ4n) is 2.04. The number of rotatable bonds is 6. The van der Waals surface area contributed by atoms with Crippen LogP contribution in [0.3, 0.4) is 0 Å². The van der Waals surface area contributed by atoms with E-state index in [1.54, 1.807) is 29.1 Å². The van der Waals surface area contributed by atoms with Gasteiger partial charge in [-0.05, 0) is 37.3 Å². The molecule has 0 saturated carbocycles. The van der Waals surface area contributed by atoms with Crippen molar-refractivity contribution in [2.75, 3.05) is 18.4 Å². The van der Waals surface area contributed by atoms with E-state index < -0.39 is 0 Å². The molecular formula is C16H17N7O. The van der Waals surface area contributed by atoms with Gasteiger partial charge in [0.25, 0.3) is 5.91 Å². The number of nitrogens with zero attached hydrogens (tertiary/aromatic N) is 5. The summed E-state index contributed by atoms with van der Waals surface area (Å²) in [7, 11) is 0. The minimum atomic E-state index is -0.201. The third-order valence-corrected chi connectivity index (χ3v) is 3.22. The van der Waals surface area contributed by atoms with Crippen LogP contribution in [-0.4, -0.2) is 44.0 Å². The predicted octanol–water partition coefficient (Wildman–Crippen LogP) is 1.21. The first-order valence-corrected chi connectivity index (χ1v) is 7.52. The first-order chi connectivity index (χ1) is 11.7. The van der Waals surface area contributed by atoms with Crippen molar-refractivity contribution in [2.24, 2.45) is 0 Å². The Morgan fingerprint density at radius 3 is 2.71 bits per heavy atom. The first-order valence-electron chi connectivity index (χ1n) is 7.52. The molecule has 3 rings (SSSR count). The van der Waals surface area contributed by atoms with Crippen molar-refractivity contribution < 1.29 is 4.79 Å². The molecule has 0 unspecified atom stereocenters. The molecule has 0 fully saturated rings. The summed E-state index contributed by atoms with van der Waals surface area (Å²) in [6.07, 6.45) is 3.42. The Labute approximate surface area is 139 Å². The summed E-state index contributed by atoms with van der Waals surface area (Å²) < 4.78 is 1.67. The van der Waals surface area contributed by atoms with Crippen molar-refractivity contribution in [3.63, 3.8) is 0 Å². The molecule has 8 nitrogen and oxygen atoms in total. The van der Waals surface area contributed by atoms with E-state index in [0.29, 0.717) is 30.4 Å². The number of carbonyl (C=O) groups excluding carboxylic acids is 1. The van der Waals surface area contributed by atoms with E-state index in [-0.39, 0.29) is 5.91 Å². The number of pyridine rings is 1. The molecule has 0 aliphatic rings. The van der Waals surface area contributed by atoms with Crippen LogP contribution in [0.4, 0.5) is 5.82 Å². The highest BCUT2D eigenvalue weighted by Gasteiger charge is 2.05. The number of carbonyl (C=O) groups is 1. The van der Waals surface area contributed by atoms with Crippen molar-refractivity contribution in [3.8, 4) is 5.82 Å². The largest absolute Gasteiger partial charge is 0.367 e. The van der Waals surface area contributed by atoms with Crippen LogP contribution in [0.2, 0.25) is 0 Å². The van der Waals surface area contributed by atoms with Crippen LogP contribution >= 0.6 is 0 Å². The van der Waals surface area contributed by atoms with E-state index in [4.69, 9.17) is 0 Å². The van der Waals surface area contributed by atoms with Crippen LogP contribution in [0.25, 0.3) is 5.82 Å². The Morgan fingerprint density at radius 2 is 2.04 bits per heavy atom. The molecule has 0 saturated heterocycles. The Balaban J connectivity index is 1.46. The standard InChI is InChI=1S/C16H17N7O/c1-12-7-11-23(22-12)15-6-5-14(20-21-15)18-9-10-19-16(24)13-4-2-3-8-17-13/h2-8,11H,9-10H2,1H3,(H,18,20)(H,19,24). The number of amides is 1. The number of hydrogen-bond acceptors (Lipinski definition) is 6. The zero-order chi connectivity index (χ0) is 16.8. The number of aryl methyl sites for hydroxylation is 1. The summed E-state index contributed by atoms with van der Waals surface area (Å²) in [6.45, 7) is 2.91. The molecule has 122 valence electrons. The lowest BCUT2D eigenvalue weighted by atomic mass is 10.3. The molecule has 3 aromatic heterocycles. The summed E-state index contributed by atoms with van der Waals surface area (Å²) in [6, 6.07) is 10.8. The van der Waals surface area contributed by atoms with Crippen LogP contribution in [0.15, 0.2) is 48.8 Å². The minimum Gasteiger partial charge on any atom is -0.367 e. The molecule has 0 aromatic carbocycles. The Kier molecular flexibility index (Phi) is 4.76. The Hall–Kier alpha value is -3.29. The third-order valence-electron chi connectivity index (χ3n) is 3.22. The summed E-state index contributed by atoms with van der Waals surface area (Å²) in [5.41, 5.74) is 1.32. The van der Waals surface area contributed by atoms with Crippen molar-refractivity contribution >= 4 is 11.7 Å². The van der Waals surface area contributed by atoms with Gasteiger partial charge in [0.2, 0.25) is 0 Å². The summed E-state index contributed by atoms with van der Waals surface area (Å²) in [4.78, 5) is 15.8. The van der Waals surface area contributed by atoms with Gasteiger partial charge in [-0.15, -0.1) is 10.2 Å². The lowest BCUT2D eigenvalue weighted by Gasteiger charge is -2.07. The van der Waals surface area contributed by atoms with Gasteiger partial charge < -0.3 is 10.6 Å². The number of aromatic nitrogens is 5. The quantitative estimate of drug-likeness (QED) is 0.662. The lowest BCUT2D eigenvalue weighted by molar-refractivity contribution is 0.0950. The average Bonchev–Trinajstić information content (AvgIpc) is 3.06. The van der Waals surface area contributed by atoms with Crippen LogP contribution in [-0.2, 0) is 0 Å². The molecule has 3 aromatic rings. The zero-order valence-corrected chi connectivity index (χ0v) is 13.2. The molecule has 1 amide bonds. The van der Waals surface area contributed by atoms with Crippen LogP contribution in [0.5, 0.6) is 0 Å². The zero-order valence-electron chi connectivity index (χ0n) is 13.2. The van der Waals surface area contributed by atoms with Crippen LogP contribution < -0.4 is 10.6 Å². The van der Waals surface area contributed by atoms with Gasteiger partial charge in [-0.25, -0.2) is 4.68 Å². The second-order valence-corrected chi connectivity index (χ2v) is 5.08. The van der Waals surface area contributed by atoms with E-state index in [0.717, 1.165) is 5.69 Å². The van der Waals surface area contributed by atoms with Gasteiger partial charge in [0.1, 0.15) is 11.5 Å². The van der Waals surface area contributed by atoms with Gasteiger partial charge in [-0.1, -0.05) is 6.07 Å². The lowest BCUT2D eigenvalue weighted by Crippen LogP contribution is -2.29. The topological polar surface area (TPSA) is 97.6 Å². The molecule has 3 heterocycles. The molecule has 24 heavy (non-hydrogen) atoms. The van der Waals surface area contributed by atoms with Gasteiger partial charge in [0, 0.05) is 25.5 Å². The van der Waals surface area contributed by atoms with Gasteiger partial charge in [0.15, 0.2) is 5.82 Å². The predicted molar refractivity (Wildman–Crippen MR) is 89.0 cm³/mol. The maximum atomic E-state index is 11.8. The normalized spacial score (nSPS) is 10.4. The maximum Gasteiger partial charge on any atom is 0.269 e.